The zero-order valence-electron chi connectivity index (χ0n) is 78.9. The first-order valence-electron chi connectivity index (χ1n) is 45.0. The summed E-state index contributed by atoms with van der Waals surface area (Å²) in [6.45, 7) is 8.09. The Morgan fingerprint density at radius 1 is 0.369 bits per heavy atom. The van der Waals surface area contributed by atoms with Gasteiger partial charge in [-0.2, -0.15) is 25.3 Å². The average molecular weight is 2020 g/mol. The molecule has 50 nitrogen and oxygen atoms in total. The molecule has 0 aromatic heterocycles. The SMILES string of the molecule is CC(C)C[C@H](NC(=O)CNC(=O)[C@H](CS)NC(=O)[C@@H](N)CO)C(=O)N[C@@H](CC(N)=O)C(=O)N[C@@H](Cc1ccccc1)C(=O)N1CCC[C@H]1C(=O)N[C@@H](CC(C)C)C(=O)N[C@@H](CS)C(=O)N[C@@H](CO)C(=O)N[C@@H](Cc1ccccc1)C(=O)N[C@H](C(=O)N[C@@H](CC(=O)O)C(=O)N[C@@H](Cc1ccccc1)C(=O)N[C@@H](C)C(=O)N[C@@H](CCC(N)=O)C(=O)N[C@@H](CC(=O)O)C(=O)N[C@@H](C)C(=O)N[C@@H](CO)C(=O)O)C(C)C. The number of thiol groups is 2. The fraction of sp³-hybridized carbons (Fsp3) is 0.539. The van der Waals surface area contributed by atoms with Gasteiger partial charge in [0.05, 0.1) is 45.6 Å². The molecule has 0 saturated carbocycles. The highest BCUT2D eigenvalue weighted by molar-refractivity contribution is 7.80. The van der Waals surface area contributed by atoms with Crippen molar-refractivity contribution in [2.75, 3.05) is 44.4 Å². The molecule has 29 N–H and O–H groups in total. The molecule has 1 saturated heterocycles. The summed E-state index contributed by atoms with van der Waals surface area (Å²) in [5.41, 5.74) is 17.7. The molecular formula is C89H129N21O29S2. The molecule has 3 aromatic carbocycles. The maximum Gasteiger partial charge on any atom is 0.328 e. The number of amides is 20. The van der Waals surface area contributed by atoms with E-state index in [1.165, 1.54) is 30.9 Å². The molecule has 0 bridgehead atoms. The van der Waals surface area contributed by atoms with Gasteiger partial charge in [0.1, 0.15) is 109 Å². The number of carbonyl (C=O) groups is 23. The first kappa shape index (κ1) is 119. The number of aliphatic hydroxyl groups excluding tert-OH is 3. The van der Waals surface area contributed by atoms with E-state index in [2.05, 4.69) is 110 Å². The van der Waals surface area contributed by atoms with Crippen LogP contribution in [0.15, 0.2) is 91.0 Å². The van der Waals surface area contributed by atoms with Crippen LogP contribution in [0.4, 0.5) is 0 Å². The van der Waals surface area contributed by atoms with Crippen LogP contribution in [0.1, 0.15) is 130 Å². The minimum Gasteiger partial charge on any atom is -0.481 e. The van der Waals surface area contributed by atoms with Crippen LogP contribution >= 0.6 is 25.3 Å². The van der Waals surface area contributed by atoms with E-state index in [1.54, 1.807) is 107 Å². The summed E-state index contributed by atoms with van der Waals surface area (Å²) in [5, 5.41) is 98.4. The van der Waals surface area contributed by atoms with Crippen molar-refractivity contribution >= 4 is 161 Å². The van der Waals surface area contributed by atoms with E-state index in [4.69, 9.17) is 17.2 Å². The number of carboxylic acid groups (broad SMARTS) is 3. The largest absolute Gasteiger partial charge is 0.481 e. The van der Waals surface area contributed by atoms with Gasteiger partial charge in [0.25, 0.3) is 0 Å². The number of aliphatic carboxylic acids is 3. The molecule has 141 heavy (non-hydrogen) atoms. The first-order valence-corrected chi connectivity index (χ1v) is 46.3. The molecule has 20 amide bonds. The third-order valence-corrected chi connectivity index (χ3v) is 22.3. The second kappa shape index (κ2) is 60.1. The number of hydrogen-bond acceptors (Lipinski definition) is 29. The molecule has 3 aromatic rings. The lowest BCUT2D eigenvalue weighted by molar-refractivity contribution is -0.144. The van der Waals surface area contributed by atoms with Gasteiger partial charge in [0.15, 0.2) is 0 Å². The van der Waals surface area contributed by atoms with Gasteiger partial charge < -0.3 is 143 Å². The lowest BCUT2D eigenvalue weighted by atomic mass is 10.00. The lowest BCUT2D eigenvalue weighted by Crippen LogP contribution is -2.62. The maximum absolute atomic E-state index is 15.0. The predicted molar refractivity (Wildman–Crippen MR) is 505 cm³/mol. The van der Waals surface area contributed by atoms with Crippen molar-refractivity contribution in [2.45, 2.75) is 241 Å². The van der Waals surface area contributed by atoms with Crippen LogP contribution < -0.4 is 108 Å². The van der Waals surface area contributed by atoms with E-state index in [-0.39, 0.29) is 62.7 Å². The van der Waals surface area contributed by atoms with Crippen molar-refractivity contribution in [3.63, 3.8) is 0 Å². The molecule has 1 aliphatic heterocycles. The second-order valence-electron chi connectivity index (χ2n) is 34.5. The minimum atomic E-state index is -2.07. The van der Waals surface area contributed by atoms with Gasteiger partial charge in [-0.05, 0) is 80.4 Å². The van der Waals surface area contributed by atoms with Crippen LogP contribution in [-0.4, -0.2) is 325 Å². The van der Waals surface area contributed by atoms with E-state index in [1.807, 2.05) is 5.32 Å². The van der Waals surface area contributed by atoms with Gasteiger partial charge in [-0.1, -0.05) is 133 Å². The van der Waals surface area contributed by atoms with Crippen molar-refractivity contribution in [3.8, 4) is 0 Å². The summed E-state index contributed by atoms with van der Waals surface area (Å²) in [4.78, 5) is 313. The Kier molecular flexibility index (Phi) is 50.9. The van der Waals surface area contributed by atoms with Gasteiger partial charge in [-0.15, -0.1) is 0 Å². The van der Waals surface area contributed by atoms with Crippen LogP contribution in [-0.2, 0) is 130 Å². The Labute approximate surface area is 821 Å². The standard InChI is InChI=1S/C89H129N21O29S2/c1-43(2)29-53(96-68(116)37-93-75(124)63(41-140)107-74(123)51(90)38-111)79(128)100-57(34-67(92)115)81(130)104-60(33-50-23-16-11-17-24-50)88(137)110-28-18-25-65(110)86(135)102-54(30-44(3)4)80(129)108-64(42-141)85(134)105-61(39-112)84(133)99-56(32-49-21-14-10-15-22-49)83(132)109-71(45(5)6)87(136)103-59(36-70(119)120)82(131)98-55(31-48-19-12-9-13-20-48)77(126)94-46(7)72(121)97-52(26-27-66(91)114)76(125)101-58(35-69(117)118)78(127)95-47(8)73(122)106-62(40-113)89(138)139/h9-17,19-24,43-47,51-65,71,111-113,140-141H,18,25-42,90H2,1-8H3,(H2,91,114)(H2,92,115)(H,93,124)(H,94,126)(H,95,127)(H,96,116)(H,97,121)(H,98,131)(H,99,133)(H,100,128)(H,101,125)(H,102,135)(H,103,136)(H,104,130)(H,105,134)(H,106,122)(H,107,123)(H,108,129)(H,109,132)(H,117,118)(H,119,120)(H,138,139)/t46-,47-,51-,52-,53-,54-,55-,56-,57-,58-,59-,60-,61-,62-,63-,64-,65-,71-/m0/s1. The van der Waals surface area contributed by atoms with E-state index in [0.717, 1.165) is 13.8 Å². The van der Waals surface area contributed by atoms with E-state index < -0.39 is 321 Å². The number of rotatable bonds is 61. The Hall–Kier alpha value is -14.0. The van der Waals surface area contributed by atoms with Gasteiger partial charge in [0.2, 0.25) is 118 Å². The number of nitrogens with one attached hydrogen (secondary N) is 17. The summed E-state index contributed by atoms with van der Waals surface area (Å²) in [7, 11) is 0. The quantitative estimate of drug-likeness (QED) is 0.0233. The fourth-order valence-electron chi connectivity index (χ4n) is 14.1. The minimum absolute atomic E-state index is 0.0190. The van der Waals surface area contributed by atoms with E-state index in [9.17, 15) is 136 Å². The van der Waals surface area contributed by atoms with Crippen LogP contribution in [0.2, 0.25) is 0 Å². The van der Waals surface area contributed by atoms with Gasteiger partial charge >= 0.3 is 17.9 Å². The van der Waals surface area contributed by atoms with Crippen LogP contribution in [0.3, 0.4) is 0 Å². The summed E-state index contributed by atoms with van der Waals surface area (Å²) in [6, 6.07) is -5.98. The van der Waals surface area contributed by atoms with Crippen LogP contribution in [0.5, 0.6) is 0 Å². The molecule has 1 fully saturated rings. The zero-order valence-corrected chi connectivity index (χ0v) is 80.7. The molecule has 0 spiro atoms. The monoisotopic (exact) mass is 2020 g/mol. The van der Waals surface area contributed by atoms with Gasteiger partial charge in [0, 0.05) is 43.7 Å². The highest BCUT2D eigenvalue weighted by Crippen LogP contribution is 2.22. The molecule has 0 unspecified atom stereocenters. The summed E-state index contributed by atoms with van der Waals surface area (Å²) < 4.78 is 0. The Balaban J connectivity index is 1.54. The molecule has 0 radical (unpaired) electrons. The van der Waals surface area contributed by atoms with Gasteiger partial charge in [-0.3, -0.25) is 105 Å². The summed E-state index contributed by atoms with van der Waals surface area (Å²) in [6.07, 6.45) is -5.28. The highest BCUT2D eigenvalue weighted by Gasteiger charge is 2.44. The molecule has 0 aliphatic carbocycles. The molecule has 18 atom stereocenters. The van der Waals surface area contributed by atoms with Crippen molar-refractivity contribution in [2.24, 2.45) is 35.0 Å². The lowest BCUT2D eigenvalue weighted by Gasteiger charge is -2.31. The van der Waals surface area contributed by atoms with E-state index in [0.29, 0.717) is 16.7 Å². The van der Waals surface area contributed by atoms with Gasteiger partial charge in [-0.25, -0.2) is 4.79 Å². The number of benzene rings is 3. The number of likely N-dealkylation sites (tertiary alicyclic amines) is 1. The average Bonchev–Trinajstić information content (AvgIpc) is 1.69. The normalized spacial score (nSPS) is 15.8. The zero-order chi connectivity index (χ0) is 106. The summed E-state index contributed by atoms with van der Waals surface area (Å²) >= 11 is 8.35. The molecular weight excluding hydrogens is 1890 g/mol. The van der Waals surface area contributed by atoms with Crippen LogP contribution in [0.25, 0.3) is 0 Å². The summed E-state index contributed by atoms with van der Waals surface area (Å²) in [5.74, 6) is -28.9. The predicted octanol–water partition coefficient (Wildman–Crippen LogP) is -9.29. The number of primary amides is 2. The number of carboxylic acids is 3. The van der Waals surface area contributed by atoms with E-state index >= 15 is 4.79 Å². The number of aliphatic hydroxyl groups is 3. The topological polar surface area (TPSA) is 800 Å². The Morgan fingerprint density at radius 2 is 0.723 bits per heavy atom. The fourth-order valence-corrected chi connectivity index (χ4v) is 14.6. The van der Waals surface area contributed by atoms with Crippen LogP contribution in [0, 0.1) is 17.8 Å². The van der Waals surface area contributed by atoms with Crippen molar-refractivity contribution < 1.29 is 141 Å². The second-order valence-corrected chi connectivity index (χ2v) is 35.2. The Bertz CT molecular complexity index is 4880. The van der Waals surface area contributed by atoms with Crippen molar-refractivity contribution in [1.29, 1.82) is 0 Å². The molecule has 52 heteroatoms. The third kappa shape index (κ3) is 41.5. The van der Waals surface area contributed by atoms with Crippen molar-refractivity contribution in [1.82, 2.24) is 95.3 Å². The molecule has 1 aliphatic rings. The Morgan fingerprint density at radius 3 is 1.15 bits per heavy atom. The number of carbonyl (C=O) groups excluding carboxylic acids is 20. The highest BCUT2D eigenvalue weighted by atomic mass is 32.1. The maximum atomic E-state index is 15.0. The van der Waals surface area contributed by atoms with Crippen molar-refractivity contribution in [3.05, 3.63) is 108 Å². The first-order chi connectivity index (χ1) is 66.4. The molecule has 776 valence electrons. The molecule has 4 rings (SSSR count). The number of nitrogens with zero attached hydrogens (tertiary/aromatic N) is 1. The smallest absolute Gasteiger partial charge is 0.328 e. The third-order valence-electron chi connectivity index (χ3n) is 21.6. The number of nitrogens with two attached hydrogens (primary N) is 3. The number of hydrogen-bond donors (Lipinski definition) is 28. The molecule has 1 heterocycles.